The van der Waals surface area contributed by atoms with Gasteiger partial charge in [0.15, 0.2) is 6.61 Å². The first kappa shape index (κ1) is 23.5. The van der Waals surface area contributed by atoms with Crippen LogP contribution in [-0.4, -0.2) is 35.2 Å². The van der Waals surface area contributed by atoms with Crippen molar-refractivity contribution in [3.05, 3.63) is 99.6 Å². The van der Waals surface area contributed by atoms with Crippen LogP contribution >= 0.6 is 11.6 Å². The molecule has 0 bridgehead atoms. The molecule has 1 unspecified atom stereocenters. The van der Waals surface area contributed by atoms with Crippen LogP contribution in [0.3, 0.4) is 0 Å². The largest absolute Gasteiger partial charge is 0.482 e. The number of ether oxygens (including phenoxy) is 2. The first-order chi connectivity index (χ1) is 16.3. The highest BCUT2D eigenvalue weighted by Crippen LogP contribution is 2.41. The lowest BCUT2D eigenvalue weighted by Gasteiger charge is -2.37. The lowest BCUT2D eigenvalue weighted by molar-refractivity contribution is -0.139. The Morgan fingerprint density at radius 1 is 1.06 bits per heavy atom. The number of amides is 1. The van der Waals surface area contributed by atoms with Gasteiger partial charge >= 0.3 is 12.1 Å². The molecule has 9 heteroatoms. The highest BCUT2D eigenvalue weighted by molar-refractivity contribution is 6.30. The number of fused-ring (bicyclic) bond motifs is 1. The van der Waals surface area contributed by atoms with Crippen molar-refractivity contribution in [1.29, 1.82) is 0 Å². The Hall–Kier alpha value is -3.65. The SMILES string of the molecule is O=C(O)COc1ccc(Cl)cc1C1c2ccc(F)cc2CCN1C(=O)OCc1ccccc1F. The minimum absolute atomic E-state index is 0.183. The van der Waals surface area contributed by atoms with Gasteiger partial charge in [0.1, 0.15) is 24.0 Å². The minimum atomic E-state index is -1.17. The van der Waals surface area contributed by atoms with Gasteiger partial charge in [-0.15, -0.1) is 0 Å². The number of hydrogen-bond acceptors (Lipinski definition) is 4. The number of carboxylic acids is 1. The maximum Gasteiger partial charge on any atom is 0.410 e. The number of rotatable bonds is 6. The Morgan fingerprint density at radius 2 is 1.85 bits per heavy atom. The molecular weight excluding hydrogens is 468 g/mol. The smallest absolute Gasteiger partial charge is 0.410 e. The summed E-state index contributed by atoms with van der Waals surface area (Å²) in [5, 5.41) is 9.39. The van der Waals surface area contributed by atoms with Crippen molar-refractivity contribution in [1.82, 2.24) is 4.90 Å². The van der Waals surface area contributed by atoms with Crippen LogP contribution < -0.4 is 4.74 Å². The van der Waals surface area contributed by atoms with Gasteiger partial charge in [0.05, 0.1) is 6.04 Å². The molecule has 3 aromatic carbocycles. The van der Waals surface area contributed by atoms with Crippen molar-refractivity contribution in [2.24, 2.45) is 0 Å². The van der Waals surface area contributed by atoms with Gasteiger partial charge < -0.3 is 14.6 Å². The summed E-state index contributed by atoms with van der Waals surface area (Å²) in [5.41, 5.74) is 1.95. The van der Waals surface area contributed by atoms with E-state index in [1.54, 1.807) is 18.2 Å². The summed E-state index contributed by atoms with van der Waals surface area (Å²) >= 11 is 6.23. The van der Waals surface area contributed by atoms with Crippen LogP contribution in [-0.2, 0) is 22.6 Å². The first-order valence-corrected chi connectivity index (χ1v) is 10.8. The summed E-state index contributed by atoms with van der Waals surface area (Å²) in [4.78, 5) is 25.6. The molecular formula is C25H20ClF2NO5. The predicted molar refractivity (Wildman–Crippen MR) is 120 cm³/mol. The Kier molecular flexibility index (Phi) is 6.98. The van der Waals surface area contributed by atoms with Crippen molar-refractivity contribution in [3.63, 3.8) is 0 Å². The summed E-state index contributed by atoms with van der Waals surface area (Å²) in [6.45, 7) is -0.694. The zero-order valence-corrected chi connectivity index (χ0v) is 18.6. The second-order valence-electron chi connectivity index (χ2n) is 7.70. The quantitative estimate of drug-likeness (QED) is 0.506. The zero-order chi connectivity index (χ0) is 24.2. The topological polar surface area (TPSA) is 76.1 Å². The standard InChI is InChI=1S/C25H20ClF2NO5/c26-17-5-8-22(33-14-23(30)31)20(12-17)24-19-7-6-18(27)11-15(19)9-10-29(24)25(32)34-13-16-3-1-2-4-21(16)28/h1-8,11-12,24H,9-10,13-14H2,(H,30,31). The molecule has 1 atom stereocenters. The van der Waals surface area contributed by atoms with E-state index in [9.17, 15) is 18.4 Å². The molecule has 1 N–H and O–H groups in total. The minimum Gasteiger partial charge on any atom is -0.482 e. The van der Waals surface area contributed by atoms with E-state index in [2.05, 4.69) is 0 Å². The average molecular weight is 488 g/mol. The van der Waals surface area contributed by atoms with E-state index in [0.717, 1.165) is 0 Å². The Labute approximate surface area is 199 Å². The van der Waals surface area contributed by atoms with Gasteiger partial charge in [0.25, 0.3) is 0 Å². The van der Waals surface area contributed by atoms with E-state index in [1.807, 2.05) is 0 Å². The van der Waals surface area contributed by atoms with Crippen molar-refractivity contribution in [2.75, 3.05) is 13.2 Å². The van der Waals surface area contributed by atoms with Crippen LogP contribution in [0.4, 0.5) is 13.6 Å². The number of aliphatic carboxylic acids is 1. The Bertz CT molecular complexity index is 1240. The molecule has 1 aliphatic rings. The summed E-state index contributed by atoms with van der Waals surface area (Å²) < 4.78 is 38.8. The first-order valence-electron chi connectivity index (χ1n) is 10.4. The van der Waals surface area contributed by atoms with Crippen LogP contribution in [0.25, 0.3) is 0 Å². The van der Waals surface area contributed by atoms with Gasteiger partial charge in [-0.3, -0.25) is 4.90 Å². The predicted octanol–water partition coefficient (Wildman–Crippen LogP) is 5.37. The van der Waals surface area contributed by atoms with E-state index in [4.69, 9.17) is 26.2 Å². The molecule has 6 nitrogen and oxygen atoms in total. The van der Waals surface area contributed by atoms with Crippen LogP contribution in [0, 0.1) is 11.6 Å². The van der Waals surface area contributed by atoms with Crippen molar-refractivity contribution in [3.8, 4) is 5.75 Å². The number of benzene rings is 3. The Balaban J connectivity index is 1.71. The summed E-state index contributed by atoms with van der Waals surface area (Å²) in [6, 6.07) is 14.0. The average Bonchev–Trinajstić information content (AvgIpc) is 2.81. The summed E-state index contributed by atoms with van der Waals surface area (Å²) in [5.74, 6) is -1.87. The molecule has 0 radical (unpaired) electrons. The molecule has 176 valence electrons. The van der Waals surface area contributed by atoms with Crippen LogP contribution in [0.5, 0.6) is 5.75 Å². The fraction of sp³-hybridized carbons (Fsp3) is 0.200. The maximum absolute atomic E-state index is 14.0. The van der Waals surface area contributed by atoms with Gasteiger partial charge in [-0.2, -0.15) is 0 Å². The molecule has 0 fully saturated rings. The molecule has 0 saturated heterocycles. The van der Waals surface area contributed by atoms with E-state index in [-0.39, 0.29) is 24.5 Å². The summed E-state index contributed by atoms with van der Waals surface area (Å²) in [7, 11) is 0. The molecule has 0 aliphatic carbocycles. The van der Waals surface area contributed by atoms with Gasteiger partial charge in [0, 0.05) is 22.7 Å². The molecule has 1 aliphatic heterocycles. The number of carboxylic acid groups (broad SMARTS) is 1. The molecule has 0 saturated carbocycles. The number of carbonyl (C=O) groups excluding carboxylic acids is 1. The van der Waals surface area contributed by atoms with Crippen molar-refractivity contribution >= 4 is 23.7 Å². The third-order valence-electron chi connectivity index (χ3n) is 5.49. The molecule has 1 heterocycles. The number of hydrogen-bond donors (Lipinski definition) is 1. The molecule has 0 aromatic heterocycles. The third-order valence-corrected chi connectivity index (χ3v) is 5.73. The van der Waals surface area contributed by atoms with E-state index in [1.165, 1.54) is 47.4 Å². The van der Waals surface area contributed by atoms with E-state index in [0.29, 0.717) is 28.1 Å². The normalized spacial score (nSPS) is 14.9. The molecule has 34 heavy (non-hydrogen) atoms. The molecule has 4 rings (SSSR count). The number of nitrogens with zero attached hydrogens (tertiary/aromatic N) is 1. The van der Waals surface area contributed by atoms with E-state index < -0.39 is 36.3 Å². The second-order valence-corrected chi connectivity index (χ2v) is 8.14. The van der Waals surface area contributed by atoms with Crippen LogP contribution in [0.1, 0.15) is 28.3 Å². The van der Waals surface area contributed by atoms with Gasteiger partial charge in [0.2, 0.25) is 0 Å². The Morgan fingerprint density at radius 3 is 2.62 bits per heavy atom. The molecule has 1 amide bonds. The lowest BCUT2D eigenvalue weighted by atomic mass is 9.88. The van der Waals surface area contributed by atoms with Crippen LogP contribution in [0.2, 0.25) is 5.02 Å². The zero-order valence-electron chi connectivity index (χ0n) is 17.8. The van der Waals surface area contributed by atoms with Gasteiger partial charge in [-0.25, -0.2) is 18.4 Å². The fourth-order valence-corrected chi connectivity index (χ4v) is 4.15. The number of halogens is 3. The maximum atomic E-state index is 14.0. The highest BCUT2D eigenvalue weighted by atomic mass is 35.5. The van der Waals surface area contributed by atoms with Crippen molar-refractivity contribution < 1.29 is 33.0 Å². The monoisotopic (exact) mass is 487 g/mol. The third kappa shape index (κ3) is 5.12. The van der Waals surface area contributed by atoms with Crippen LogP contribution in [0.15, 0.2) is 60.7 Å². The lowest BCUT2D eigenvalue weighted by Crippen LogP contribution is -2.41. The van der Waals surface area contributed by atoms with Gasteiger partial charge in [-0.1, -0.05) is 35.9 Å². The fourth-order valence-electron chi connectivity index (χ4n) is 3.97. The molecule has 0 spiro atoms. The second kappa shape index (κ2) is 10.1. The van der Waals surface area contributed by atoms with E-state index >= 15 is 0 Å². The molecule has 3 aromatic rings. The summed E-state index contributed by atoms with van der Waals surface area (Å²) in [6.07, 6.45) is -0.350. The van der Waals surface area contributed by atoms with Crippen molar-refractivity contribution in [2.45, 2.75) is 19.1 Å². The number of carbonyl (C=O) groups is 2. The van der Waals surface area contributed by atoms with Gasteiger partial charge in [-0.05, 0) is 53.9 Å². The highest BCUT2D eigenvalue weighted by Gasteiger charge is 2.35.